The maximum Gasteiger partial charge on any atom is 0.417 e. The second-order valence-electron chi connectivity index (χ2n) is 7.27. The molecule has 0 spiro atoms. The highest BCUT2D eigenvalue weighted by Gasteiger charge is 2.54. The van der Waals surface area contributed by atoms with Crippen molar-refractivity contribution < 1.29 is 23.1 Å². The number of halogens is 3. The van der Waals surface area contributed by atoms with E-state index in [0.717, 1.165) is 19.3 Å². The maximum atomic E-state index is 12.7. The largest absolute Gasteiger partial charge is 0.417 e. The van der Waals surface area contributed by atoms with Gasteiger partial charge < -0.3 is 15.3 Å². The molecule has 22 heavy (non-hydrogen) atoms. The Hall–Kier alpha value is -0.980. The number of carbonyl (C=O) groups is 1. The van der Waals surface area contributed by atoms with Gasteiger partial charge in [-0.2, -0.15) is 13.2 Å². The summed E-state index contributed by atoms with van der Waals surface area (Å²) in [6.45, 7) is 6.83. The van der Waals surface area contributed by atoms with Crippen molar-refractivity contribution in [3.05, 3.63) is 0 Å². The van der Waals surface area contributed by atoms with Crippen molar-refractivity contribution in [3.63, 3.8) is 0 Å². The quantitative estimate of drug-likeness (QED) is 0.780. The first-order valence-electron chi connectivity index (χ1n) is 7.76. The lowest BCUT2D eigenvalue weighted by Gasteiger charge is -2.39. The summed E-state index contributed by atoms with van der Waals surface area (Å²) >= 11 is 0. The number of rotatable bonds is 4. The molecule has 0 aromatic carbocycles. The van der Waals surface area contributed by atoms with Gasteiger partial charge in [0.15, 0.2) is 5.60 Å². The molecule has 0 unspecified atom stereocenters. The molecule has 0 aliphatic carbocycles. The minimum atomic E-state index is -4.64. The molecule has 4 nitrogen and oxygen atoms in total. The fraction of sp³-hybridized carbons (Fsp3) is 0.933. The van der Waals surface area contributed by atoms with E-state index in [9.17, 15) is 23.1 Å². The summed E-state index contributed by atoms with van der Waals surface area (Å²) in [5.41, 5.74) is -2.39. The van der Waals surface area contributed by atoms with Crippen molar-refractivity contribution in [1.29, 1.82) is 0 Å². The Bertz CT molecular complexity index is 370. The predicted octanol–water partition coefficient (Wildman–Crippen LogP) is 3.30. The first kappa shape index (κ1) is 19.1. The van der Waals surface area contributed by atoms with Gasteiger partial charge in [0.2, 0.25) is 0 Å². The summed E-state index contributed by atoms with van der Waals surface area (Å²) in [7, 11) is 0. The van der Waals surface area contributed by atoms with Gasteiger partial charge in [-0.25, -0.2) is 4.79 Å². The molecule has 1 aliphatic rings. The molecule has 0 radical (unpaired) electrons. The Kier molecular flexibility index (Phi) is 6.12. The highest BCUT2D eigenvalue weighted by atomic mass is 19.4. The number of aliphatic hydroxyl groups is 1. The fourth-order valence-corrected chi connectivity index (χ4v) is 2.45. The Morgan fingerprint density at radius 1 is 1.18 bits per heavy atom. The minimum Gasteiger partial charge on any atom is -0.380 e. The highest BCUT2D eigenvalue weighted by Crippen LogP contribution is 2.38. The minimum absolute atomic E-state index is 0.0795. The number of urea groups is 1. The van der Waals surface area contributed by atoms with Crippen LogP contribution >= 0.6 is 0 Å². The monoisotopic (exact) mass is 324 g/mol. The third-order valence-corrected chi connectivity index (χ3v) is 4.04. The lowest BCUT2D eigenvalue weighted by molar-refractivity contribution is -0.271. The normalized spacial score (nSPS) is 19.1. The third-order valence-electron chi connectivity index (χ3n) is 4.04. The smallest absolute Gasteiger partial charge is 0.380 e. The van der Waals surface area contributed by atoms with Crippen LogP contribution in [0.5, 0.6) is 0 Å². The topological polar surface area (TPSA) is 52.6 Å². The van der Waals surface area contributed by atoms with Crippen LogP contribution in [-0.2, 0) is 0 Å². The van der Waals surface area contributed by atoms with Gasteiger partial charge in [0, 0.05) is 32.5 Å². The van der Waals surface area contributed by atoms with E-state index in [-0.39, 0.29) is 24.5 Å². The summed E-state index contributed by atoms with van der Waals surface area (Å²) in [5, 5.41) is 12.3. The van der Waals surface area contributed by atoms with E-state index >= 15 is 0 Å². The van der Waals surface area contributed by atoms with Gasteiger partial charge in [0.25, 0.3) is 0 Å². The molecule has 0 saturated carbocycles. The fourth-order valence-electron chi connectivity index (χ4n) is 2.45. The number of likely N-dealkylation sites (tertiary alicyclic amines) is 1. The van der Waals surface area contributed by atoms with Gasteiger partial charge in [-0.05, 0) is 18.3 Å². The zero-order chi connectivity index (χ0) is 17.0. The number of nitrogens with one attached hydrogen (secondary N) is 1. The number of piperidine rings is 1. The van der Waals surface area contributed by atoms with E-state index in [0.29, 0.717) is 6.54 Å². The lowest BCUT2D eigenvalue weighted by atomic mass is 9.90. The van der Waals surface area contributed by atoms with Crippen LogP contribution in [0.3, 0.4) is 0 Å². The molecule has 2 N–H and O–H groups in total. The number of hydrogen-bond donors (Lipinski definition) is 2. The van der Waals surface area contributed by atoms with Crippen molar-refractivity contribution >= 4 is 6.03 Å². The lowest BCUT2D eigenvalue weighted by Crippen LogP contribution is -2.55. The molecule has 7 heteroatoms. The third kappa shape index (κ3) is 5.66. The molecule has 0 bridgehead atoms. The van der Waals surface area contributed by atoms with Crippen molar-refractivity contribution in [3.8, 4) is 0 Å². The van der Waals surface area contributed by atoms with Crippen molar-refractivity contribution in [2.24, 2.45) is 5.41 Å². The van der Waals surface area contributed by atoms with Gasteiger partial charge >= 0.3 is 12.2 Å². The molecule has 0 aromatic rings. The number of amides is 2. The Morgan fingerprint density at radius 3 is 2.18 bits per heavy atom. The zero-order valence-corrected chi connectivity index (χ0v) is 13.6. The van der Waals surface area contributed by atoms with E-state index in [1.54, 1.807) is 0 Å². The zero-order valence-electron chi connectivity index (χ0n) is 13.6. The molecule has 1 saturated heterocycles. The van der Waals surface area contributed by atoms with Crippen LogP contribution in [0.2, 0.25) is 0 Å². The Morgan fingerprint density at radius 2 is 1.73 bits per heavy atom. The van der Waals surface area contributed by atoms with E-state index in [1.165, 1.54) is 4.90 Å². The predicted molar refractivity (Wildman–Crippen MR) is 78.5 cm³/mol. The summed E-state index contributed by atoms with van der Waals surface area (Å²) in [4.78, 5) is 13.2. The van der Waals surface area contributed by atoms with E-state index in [1.807, 2.05) is 0 Å². The molecule has 0 atom stereocenters. The molecule has 130 valence electrons. The average molecular weight is 324 g/mol. The Balaban J connectivity index is 2.26. The van der Waals surface area contributed by atoms with Crippen LogP contribution in [-0.4, -0.2) is 47.4 Å². The first-order valence-corrected chi connectivity index (χ1v) is 7.76. The summed E-state index contributed by atoms with van der Waals surface area (Å²) < 4.78 is 38.0. The van der Waals surface area contributed by atoms with Crippen LogP contribution < -0.4 is 5.32 Å². The van der Waals surface area contributed by atoms with Crippen molar-refractivity contribution in [2.45, 2.75) is 64.7 Å². The standard InChI is InChI=1S/C15H27F3N2O2/c1-13(2,3)6-4-5-9-19-12(21)20-10-7-14(22,8-11-20)15(16,17)18/h22H,4-11H2,1-3H3,(H,19,21). The second kappa shape index (κ2) is 7.06. The van der Waals surface area contributed by atoms with Crippen LogP contribution in [0.25, 0.3) is 0 Å². The van der Waals surface area contributed by atoms with Crippen LogP contribution in [0.15, 0.2) is 0 Å². The van der Waals surface area contributed by atoms with E-state index < -0.39 is 24.6 Å². The van der Waals surface area contributed by atoms with Crippen LogP contribution in [0, 0.1) is 5.41 Å². The number of unbranched alkanes of at least 4 members (excludes halogenated alkanes) is 1. The van der Waals surface area contributed by atoms with Gasteiger partial charge in [-0.15, -0.1) is 0 Å². The molecule has 1 aliphatic heterocycles. The summed E-state index contributed by atoms with van der Waals surface area (Å²) in [5.74, 6) is 0. The molecule has 1 heterocycles. The van der Waals surface area contributed by atoms with Crippen LogP contribution in [0.4, 0.5) is 18.0 Å². The summed E-state index contributed by atoms with van der Waals surface area (Å²) in [6, 6.07) is -0.347. The number of hydrogen-bond acceptors (Lipinski definition) is 2. The molecule has 1 fully saturated rings. The van der Waals surface area contributed by atoms with E-state index in [4.69, 9.17) is 0 Å². The van der Waals surface area contributed by atoms with Gasteiger partial charge in [0.1, 0.15) is 0 Å². The first-order chi connectivity index (χ1) is 9.95. The van der Waals surface area contributed by atoms with Crippen molar-refractivity contribution in [2.75, 3.05) is 19.6 Å². The van der Waals surface area contributed by atoms with Crippen LogP contribution in [0.1, 0.15) is 52.9 Å². The maximum absolute atomic E-state index is 12.7. The SMILES string of the molecule is CC(C)(C)CCCCNC(=O)N1CCC(O)(C(F)(F)F)CC1. The molecular weight excluding hydrogens is 297 g/mol. The molecule has 2 amide bonds. The molecule has 1 rings (SSSR count). The molecular formula is C15H27F3N2O2. The number of alkyl halides is 3. The number of nitrogens with zero attached hydrogens (tertiary/aromatic N) is 1. The van der Waals surface area contributed by atoms with E-state index in [2.05, 4.69) is 26.1 Å². The van der Waals surface area contributed by atoms with Gasteiger partial charge in [0.05, 0.1) is 0 Å². The average Bonchev–Trinajstić information content (AvgIpc) is 2.36. The van der Waals surface area contributed by atoms with Gasteiger partial charge in [-0.3, -0.25) is 0 Å². The number of carbonyl (C=O) groups excluding carboxylic acids is 1. The Labute approximate surface area is 130 Å². The second-order valence-corrected chi connectivity index (χ2v) is 7.27. The van der Waals surface area contributed by atoms with Gasteiger partial charge in [-0.1, -0.05) is 27.2 Å². The molecule has 0 aromatic heterocycles. The van der Waals surface area contributed by atoms with Crippen molar-refractivity contribution in [1.82, 2.24) is 10.2 Å². The summed E-state index contributed by atoms with van der Waals surface area (Å²) in [6.07, 6.45) is -2.66. The highest BCUT2D eigenvalue weighted by molar-refractivity contribution is 5.74.